The third-order valence-corrected chi connectivity index (χ3v) is 3.78. The minimum absolute atomic E-state index is 0.144. The van der Waals surface area contributed by atoms with Crippen molar-refractivity contribution >= 4 is 5.97 Å². The summed E-state index contributed by atoms with van der Waals surface area (Å²) < 4.78 is 5.01. The second-order valence-electron chi connectivity index (χ2n) is 4.88. The SMILES string of the molecule is C=C1CC(C(=O)OC)(c2ccccc2)CC1C. The maximum atomic E-state index is 12.2. The number of hydrogen-bond acceptors (Lipinski definition) is 2. The largest absolute Gasteiger partial charge is 0.468 e. The Hall–Kier alpha value is -1.57. The number of methoxy groups -OCH3 is 1. The van der Waals surface area contributed by atoms with Gasteiger partial charge < -0.3 is 4.74 Å². The van der Waals surface area contributed by atoms with E-state index in [2.05, 4.69) is 13.5 Å². The van der Waals surface area contributed by atoms with Crippen molar-refractivity contribution in [1.29, 1.82) is 0 Å². The monoisotopic (exact) mass is 230 g/mol. The molecule has 0 heterocycles. The predicted molar refractivity (Wildman–Crippen MR) is 67.7 cm³/mol. The molecule has 0 aliphatic heterocycles. The van der Waals surface area contributed by atoms with E-state index in [1.54, 1.807) is 0 Å². The second kappa shape index (κ2) is 4.36. The summed E-state index contributed by atoms with van der Waals surface area (Å²) in [4.78, 5) is 12.2. The summed E-state index contributed by atoms with van der Waals surface area (Å²) in [6.07, 6.45) is 1.49. The van der Waals surface area contributed by atoms with Gasteiger partial charge >= 0.3 is 5.97 Å². The van der Waals surface area contributed by atoms with E-state index in [1.807, 2.05) is 30.3 Å². The molecule has 0 radical (unpaired) electrons. The van der Waals surface area contributed by atoms with Crippen LogP contribution in [-0.2, 0) is 14.9 Å². The van der Waals surface area contributed by atoms with E-state index in [4.69, 9.17) is 4.74 Å². The molecule has 0 N–H and O–H groups in total. The number of carbonyl (C=O) groups excluding carboxylic acids is 1. The molecule has 2 unspecified atom stereocenters. The molecular weight excluding hydrogens is 212 g/mol. The van der Waals surface area contributed by atoms with E-state index in [-0.39, 0.29) is 5.97 Å². The van der Waals surface area contributed by atoms with Gasteiger partial charge in [0.25, 0.3) is 0 Å². The lowest BCUT2D eigenvalue weighted by Gasteiger charge is -2.26. The Morgan fingerprint density at radius 2 is 2.06 bits per heavy atom. The van der Waals surface area contributed by atoms with Gasteiger partial charge in [-0.2, -0.15) is 0 Å². The Morgan fingerprint density at radius 3 is 2.53 bits per heavy atom. The summed E-state index contributed by atoms with van der Waals surface area (Å²) in [5, 5.41) is 0. The first kappa shape index (κ1) is 11.9. The minimum Gasteiger partial charge on any atom is -0.468 e. The Labute approximate surface area is 102 Å². The van der Waals surface area contributed by atoms with Crippen molar-refractivity contribution in [3.63, 3.8) is 0 Å². The Bertz CT molecular complexity index is 435. The summed E-state index contributed by atoms with van der Waals surface area (Å²) in [5.41, 5.74) is 1.66. The van der Waals surface area contributed by atoms with Crippen molar-refractivity contribution in [3.8, 4) is 0 Å². The van der Waals surface area contributed by atoms with Gasteiger partial charge in [0.15, 0.2) is 0 Å². The molecule has 1 aromatic rings. The Morgan fingerprint density at radius 1 is 1.41 bits per heavy atom. The zero-order valence-electron chi connectivity index (χ0n) is 10.4. The van der Waals surface area contributed by atoms with E-state index in [1.165, 1.54) is 7.11 Å². The summed E-state index contributed by atoms with van der Waals surface area (Å²) >= 11 is 0. The van der Waals surface area contributed by atoms with E-state index in [9.17, 15) is 4.79 Å². The van der Waals surface area contributed by atoms with Crippen LogP contribution in [0.25, 0.3) is 0 Å². The van der Waals surface area contributed by atoms with Crippen LogP contribution < -0.4 is 0 Å². The molecule has 2 heteroatoms. The lowest BCUT2D eigenvalue weighted by Crippen LogP contribution is -2.34. The van der Waals surface area contributed by atoms with E-state index in [0.29, 0.717) is 12.3 Å². The first-order valence-corrected chi connectivity index (χ1v) is 5.92. The van der Waals surface area contributed by atoms with Crippen molar-refractivity contribution in [2.24, 2.45) is 5.92 Å². The number of ether oxygens (including phenoxy) is 1. The number of rotatable bonds is 2. The normalized spacial score (nSPS) is 28.1. The summed E-state index contributed by atoms with van der Waals surface area (Å²) in [7, 11) is 1.46. The van der Waals surface area contributed by atoms with Gasteiger partial charge in [0.05, 0.1) is 12.5 Å². The molecule has 1 aliphatic carbocycles. The van der Waals surface area contributed by atoms with Gasteiger partial charge in [-0.25, -0.2) is 0 Å². The highest BCUT2D eigenvalue weighted by molar-refractivity contribution is 5.84. The van der Waals surface area contributed by atoms with Crippen molar-refractivity contribution in [1.82, 2.24) is 0 Å². The molecule has 0 saturated heterocycles. The van der Waals surface area contributed by atoms with Gasteiger partial charge in [0.2, 0.25) is 0 Å². The smallest absolute Gasteiger partial charge is 0.316 e. The van der Waals surface area contributed by atoms with Crippen LogP contribution in [0.1, 0.15) is 25.3 Å². The molecule has 2 atom stereocenters. The zero-order valence-corrected chi connectivity index (χ0v) is 10.4. The molecule has 2 nitrogen and oxygen atoms in total. The molecule has 1 fully saturated rings. The summed E-state index contributed by atoms with van der Waals surface area (Å²) in [6.45, 7) is 6.19. The highest BCUT2D eigenvalue weighted by atomic mass is 16.5. The number of allylic oxidation sites excluding steroid dienone is 1. The van der Waals surface area contributed by atoms with Gasteiger partial charge in [0, 0.05) is 0 Å². The van der Waals surface area contributed by atoms with Crippen LogP contribution in [0.5, 0.6) is 0 Å². The van der Waals surface area contributed by atoms with Crippen LogP contribution in [0.4, 0.5) is 0 Å². The average Bonchev–Trinajstić information content (AvgIpc) is 2.67. The molecule has 0 bridgehead atoms. The summed E-state index contributed by atoms with van der Waals surface area (Å²) in [6, 6.07) is 9.89. The minimum atomic E-state index is -0.521. The predicted octanol–water partition coefficient (Wildman–Crippen LogP) is 3.08. The molecule has 90 valence electrons. The lowest BCUT2D eigenvalue weighted by atomic mass is 9.78. The van der Waals surface area contributed by atoms with E-state index >= 15 is 0 Å². The fraction of sp³-hybridized carbons (Fsp3) is 0.400. The molecule has 2 rings (SSSR count). The first-order chi connectivity index (χ1) is 8.10. The second-order valence-corrected chi connectivity index (χ2v) is 4.88. The quantitative estimate of drug-likeness (QED) is 0.576. The van der Waals surface area contributed by atoms with Gasteiger partial charge in [-0.15, -0.1) is 0 Å². The zero-order chi connectivity index (χ0) is 12.5. The number of carbonyl (C=O) groups is 1. The van der Waals surface area contributed by atoms with Crippen LogP contribution in [0.3, 0.4) is 0 Å². The van der Waals surface area contributed by atoms with E-state index < -0.39 is 5.41 Å². The van der Waals surface area contributed by atoms with E-state index in [0.717, 1.165) is 17.6 Å². The molecule has 1 aliphatic rings. The van der Waals surface area contributed by atoms with Crippen LogP contribution in [0.15, 0.2) is 42.5 Å². The van der Waals surface area contributed by atoms with Crippen molar-refractivity contribution < 1.29 is 9.53 Å². The van der Waals surface area contributed by atoms with Crippen LogP contribution in [0.2, 0.25) is 0 Å². The molecule has 0 amide bonds. The fourth-order valence-electron chi connectivity index (χ4n) is 2.75. The topological polar surface area (TPSA) is 26.3 Å². The maximum Gasteiger partial charge on any atom is 0.316 e. The molecule has 1 saturated carbocycles. The number of benzene rings is 1. The van der Waals surface area contributed by atoms with Crippen molar-refractivity contribution in [3.05, 3.63) is 48.0 Å². The molecule has 1 aromatic carbocycles. The first-order valence-electron chi connectivity index (χ1n) is 5.92. The van der Waals surface area contributed by atoms with Gasteiger partial charge in [0.1, 0.15) is 0 Å². The van der Waals surface area contributed by atoms with Crippen LogP contribution in [0, 0.1) is 5.92 Å². The van der Waals surface area contributed by atoms with Gasteiger partial charge in [-0.05, 0) is 24.3 Å². The Kier molecular flexibility index (Phi) is 3.05. The number of esters is 1. The maximum absolute atomic E-state index is 12.2. The summed E-state index contributed by atoms with van der Waals surface area (Å²) in [5.74, 6) is 0.225. The van der Waals surface area contributed by atoms with Crippen LogP contribution >= 0.6 is 0 Å². The highest BCUT2D eigenvalue weighted by Crippen LogP contribution is 2.47. The molecule has 17 heavy (non-hydrogen) atoms. The third-order valence-electron chi connectivity index (χ3n) is 3.78. The van der Waals surface area contributed by atoms with Crippen molar-refractivity contribution in [2.45, 2.75) is 25.2 Å². The lowest BCUT2D eigenvalue weighted by molar-refractivity contribution is -0.147. The highest BCUT2D eigenvalue weighted by Gasteiger charge is 2.47. The Balaban J connectivity index is 2.46. The van der Waals surface area contributed by atoms with Crippen LogP contribution in [-0.4, -0.2) is 13.1 Å². The number of hydrogen-bond donors (Lipinski definition) is 0. The molecule has 0 aromatic heterocycles. The molecular formula is C15H18O2. The average molecular weight is 230 g/mol. The van der Waals surface area contributed by atoms with Crippen molar-refractivity contribution in [2.75, 3.05) is 7.11 Å². The third kappa shape index (κ3) is 1.88. The van der Waals surface area contributed by atoms with Gasteiger partial charge in [-0.1, -0.05) is 49.4 Å². The van der Waals surface area contributed by atoms with Gasteiger partial charge in [-0.3, -0.25) is 4.79 Å². The molecule has 0 spiro atoms. The standard InChI is InChI=1S/C15H18O2/c1-11-9-15(10-12(11)2,14(16)17-3)13-7-5-4-6-8-13/h4-8,12H,1,9-10H2,2-3H3. The fourth-order valence-corrected chi connectivity index (χ4v) is 2.75.